The van der Waals surface area contributed by atoms with E-state index in [1.807, 2.05) is 4.72 Å². The lowest BCUT2D eigenvalue weighted by molar-refractivity contribution is -0.139. The maximum atomic E-state index is 12.0. The molecule has 1 aromatic rings. The van der Waals surface area contributed by atoms with Gasteiger partial charge in [-0.25, -0.2) is 8.42 Å². The van der Waals surface area contributed by atoms with Gasteiger partial charge in [0.05, 0.1) is 11.5 Å². The van der Waals surface area contributed by atoms with Crippen molar-refractivity contribution in [2.75, 3.05) is 6.61 Å². The predicted octanol–water partition coefficient (Wildman–Crippen LogP) is 0.0272. The van der Waals surface area contributed by atoms with E-state index in [0.29, 0.717) is 5.56 Å². The number of aliphatic carboxylic acids is 1. The molecular formula is C11H15NO5S. The molecule has 6 nitrogen and oxygen atoms in total. The van der Waals surface area contributed by atoms with Crippen LogP contribution >= 0.6 is 0 Å². The second-order valence-corrected chi connectivity index (χ2v) is 5.65. The Morgan fingerprint density at radius 3 is 2.50 bits per heavy atom. The van der Waals surface area contributed by atoms with Crippen LogP contribution in [0.4, 0.5) is 0 Å². The third-order valence-electron chi connectivity index (χ3n) is 2.41. The summed E-state index contributed by atoms with van der Waals surface area (Å²) in [6.07, 6.45) is 0. The van der Waals surface area contributed by atoms with Crippen molar-refractivity contribution >= 4 is 16.0 Å². The Balaban J connectivity index is 3.14. The van der Waals surface area contributed by atoms with Crippen molar-refractivity contribution in [3.05, 3.63) is 29.3 Å². The number of hydrogen-bond acceptors (Lipinski definition) is 4. The molecule has 0 heterocycles. The molecule has 0 spiro atoms. The molecule has 0 aromatic heterocycles. The largest absolute Gasteiger partial charge is 0.480 e. The standard InChI is InChI=1S/C11H15NO5S/c1-7-3-4-8(2)10(5-7)18(16,17)12-9(6-13)11(14)15/h3-5,9,12-13H,6H2,1-2H3,(H,14,15). The van der Waals surface area contributed by atoms with Crippen LogP contribution in [0.3, 0.4) is 0 Å². The van der Waals surface area contributed by atoms with Gasteiger partial charge in [0, 0.05) is 0 Å². The minimum absolute atomic E-state index is 0.0159. The fourth-order valence-corrected chi connectivity index (χ4v) is 2.92. The third kappa shape index (κ3) is 3.28. The molecule has 0 bridgehead atoms. The van der Waals surface area contributed by atoms with Crippen molar-refractivity contribution < 1.29 is 23.4 Å². The minimum atomic E-state index is -3.96. The van der Waals surface area contributed by atoms with Crippen LogP contribution < -0.4 is 4.72 Å². The molecule has 0 radical (unpaired) electrons. The van der Waals surface area contributed by atoms with Gasteiger partial charge in [-0.2, -0.15) is 4.72 Å². The average molecular weight is 273 g/mol. The first kappa shape index (κ1) is 14.6. The number of carboxylic acids is 1. The number of hydrogen-bond donors (Lipinski definition) is 3. The highest BCUT2D eigenvalue weighted by Gasteiger charge is 2.25. The van der Waals surface area contributed by atoms with Crippen LogP contribution in [0.25, 0.3) is 0 Å². The fourth-order valence-electron chi connectivity index (χ4n) is 1.41. The van der Waals surface area contributed by atoms with Crippen LogP contribution in [0.1, 0.15) is 11.1 Å². The molecule has 0 fully saturated rings. The second kappa shape index (κ2) is 5.47. The Morgan fingerprint density at radius 1 is 1.39 bits per heavy atom. The Morgan fingerprint density at radius 2 is 2.00 bits per heavy atom. The van der Waals surface area contributed by atoms with Gasteiger partial charge in [0.25, 0.3) is 0 Å². The van der Waals surface area contributed by atoms with E-state index in [9.17, 15) is 13.2 Å². The lowest BCUT2D eigenvalue weighted by Crippen LogP contribution is -2.43. The molecule has 1 unspecified atom stereocenters. The number of sulfonamides is 1. The van der Waals surface area contributed by atoms with Gasteiger partial charge in [0.2, 0.25) is 10.0 Å². The molecule has 0 aliphatic rings. The van der Waals surface area contributed by atoms with Gasteiger partial charge in [-0.15, -0.1) is 0 Å². The van der Waals surface area contributed by atoms with Gasteiger partial charge in [-0.1, -0.05) is 12.1 Å². The summed E-state index contributed by atoms with van der Waals surface area (Å²) in [5.74, 6) is -1.42. The molecule has 0 amide bonds. The highest BCUT2D eigenvalue weighted by molar-refractivity contribution is 7.89. The molecule has 1 atom stereocenters. The first-order valence-corrected chi connectivity index (χ1v) is 6.69. The summed E-state index contributed by atoms with van der Waals surface area (Å²) in [7, 11) is -3.96. The second-order valence-electron chi connectivity index (χ2n) is 3.96. The van der Waals surface area contributed by atoms with Crippen molar-refractivity contribution in [1.29, 1.82) is 0 Å². The minimum Gasteiger partial charge on any atom is -0.480 e. The van der Waals surface area contributed by atoms with Gasteiger partial charge in [0.1, 0.15) is 6.04 Å². The van der Waals surface area contributed by atoms with Crippen LogP contribution in [0.15, 0.2) is 23.1 Å². The van der Waals surface area contributed by atoms with Gasteiger partial charge in [-0.05, 0) is 31.0 Å². The zero-order valence-electron chi connectivity index (χ0n) is 10.0. The average Bonchev–Trinajstić information content (AvgIpc) is 2.28. The summed E-state index contributed by atoms with van der Waals surface area (Å²) in [4.78, 5) is 10.7. The topological polar surface area (TPSA) is 104 Å². The zero-order valence-corrected chi connectivity index (χ0v) is 10.9. The number of benzene rings is 1. The first-order valence-electron chi connectivity index (χ1n) is 5.21. The van der Waals surface area contributed by atoms with Crippen LogP contribution in [0.2, 0.25) is 0 Å². The molecule has 0 saturated carbocycles. The summed E-state index contributed by atoms with van der Waals surface area (Å²) in [5, 5.41) is 17.5. The molecule has 7 heteroatoms. The molecule has 1 aromatic carbocycles. The smallest absolute Gasteiger partial charge is 0.324 e. The summed E-state index contributed by atoms with van der Waals surface area (Å²) >= 11 is 0. The summed E-state index contributed by atoms with van der Waals surface area (Å²) in [6, 6.07) is 3.30. The van der Waals surface area contributed by atoms with Crippen LogP contribution in [0, 0.1) is 13.8 Å². The Bertz CT molecular complexity index is 553. The van der Waals surface area contributed by atoms with E-state index in [1.54, 1.807) is 26.0 Å². The molecule has 3 N–H and O–H groups in total. The molecule has 18 heavy (non-hydrogen) atoms. The van der Waals surface area contributed by atoms with Crippen LogP contribution in [0.5, 0.6) is 0 Å². The highest BCUT2D eigenvalue weighted by Crippen LogP contribution is 2.16. The number of rotatable bonds is 5. The third-order valence-corrected chi connectivity index (χ3v) is 4.02. The Hall–Kier alpha value is -1.44. The monoisotopic (exact) mass is 273 g/mol. The van der Waals surface area contributed by atoms with E-state index in [4.69, 9.17) is 10.2 Å². The van der Waals surface area contributed by atoms with Gasteiger partial charge < -0.3 is 10.2 Å². The number of carbonyl (C=O) groups is 1. The Labute approximate surface area is 105 Å². The zero-order chi connectivity index (χ0) is 13.9. The molecule has 100 valence electrons. The molecular weight excluding hydrogens is 258 g/mol. The van der Waals surface area contributed by atoms with Crippen molar-refractivity contribution in [3.8, 4) is 0 Å². The van der Waals surface area contributed by atoms with E-state index >= 15 is 0 Å². The van der Waals surface area contributed by atoms with E-state index in [2.05, 4.69) is 0 Å². The first-order chi connectivity index (χ1) is 8.27. The lowest BCUT2D eigenvalue weighted by Gasteiger charge is -2.14. The van der Waals surface area contributed by atoms with Crippen molar-refractivity contribution in [2.45, 2.75) is 24.8 Å². The van der Waals surface area contributed by atoms with Crippen molar-refractivity contribution in [1.82, 2.24) is 4.72 Å². The number of nitrogens with one attached hydrogen (secondary N) is 1. The number of aliphatic hydroxyl groups is 1. The predicted molar refractivity (Wildman–Crippen MR) is 64.7 cm³/mol. The Kier molecular flexibility index (Phi) is 4.44. The van der Waals surface area contributed by atoms with Crippen LogP contribution in [-0.4, -0.2) is 37.2 Å². The van der Waals surface area contributed by atoms with Gasteiger partial charge in [0.15, 0.2) is 0 Å². The van der Waals surface area contributed by atoms with E-state index in [1.165, 1.54) is 6.07 Å². The summed E-state index contributed by atoms with van der Waals surface area (Å²) < 4.78 is 25.9. The van der Waals surface area contributed by atoms with Crippen molar-refractivity contribution in [3.63, 3.8) is 0 Å². The number of carboxylic acid groups (broad SMARTS) is 1. The highest BCUT2D eigenvalue weighted by atomic mass is 32.2. The number of aryl methyl sites for hydroxylation is 2. The van der Waals surface area contributed by atoms with E-state index in [-0.39, 0.29) is 4.90 Å². The summed E-state index contributed by atoms with van der Waals surface area (Å²) in [6.45, 7) is 2.54. The normalized spacial score (nSPS) is 13.3. The maximum Gasteiger partial charge on any atom is 0.324 e. The van der Waals surface area contributed by atoms with Gasteiger partial charge in [-0.3, -0.25) is 4.79 Å². The van der Waals surface area contributed by atoms with Gasteiger partial charge >= 0.3 is 5.97 Å². The molecule has 1 rings (SSSR count). The molecule has 0 saturated heterocycles. The number of aliphatic hydroxyl groups excluding tert-OH is 1. The van der Waals surface area contributed by atoms with E-state index < -0.39 is 28.6 Å². The molecule has 0 aliphatic carbocycles. The van der Waals surface area contributed by atoms with Crippen LogP contribution in [-0.2, 0) is 14.8 Å². The van der Waals surface area contributed by atoms with Crippen molar-refractivity contribution in [2.24, 2.45) is 0 Å². The fraction of sp³-hybridized carbons (Fsp3) is 0.364. The quantitative estimate of drug-likeness (QED) is 0.702. The van der Waals surface area contributed by atoms with E-state index in [0.717, 1.165) is 5.56 Å². The summed E-state index contributed by atoms with van der Waals surface area (Å²) in [5.41, 5.74) is 1.26. The lowest BCUT2D eigenvalue weighted by atomic mass is 10.2. The maximum absolute atomic E-state index is 12.0. The molecule has 0 aliphatic heterocycles. The SMILES string of the molecule is Cc1ccc(C)c(S(=O)(=O)NC(CO)C(=O)O)c1.